The van der Waals surface area contributed by atoms with Gasteiger partial charge in [0.2, 0.25) is 5.91 Å². The van der Waals surface area contributed by atoms with Gasteiger partial charge in [-0.1, -0.05) is 17.7 Å². The minimum Gasteiger partial charge on any atom is -0.395 e. The van der Waals surface area contributed by atoms with Gasteiger partial charge in [-0.05, 0) is 36.4 Å². The fourth-order valence-electron chi connectivity index (χ4n) is 2.54. The van der Waals surface area contributed by atoms with Crippen molar-refractivity contribution in [3.8, 4) is 0 Å². The molecular weight excluding hydrogens is 276 g/mol. The summed E-state index contributed by atoms with van der Waals surface area (Å²) in [6, 6.07) is 7.97. The van der Waals surface area contributed by atoms with E-state index in [2.05, 4.69) is 0 Å². The summed E-state index contributed by atoms with van der Waals surface area (Å²) in [5.74, 6) is 0.0547. The number of nitrogens with zero attached hydrogens (tertiary/aromatic N) is 2. The Morgan fingerprint density at radius 3 is 2.90 bits per heavy atom. The van der Waals surface area contributed by atoms with Gasteiger partial charge in [-0.15, -0.1) is 0 Å². The Morgan fingerprint density at radius 2 is 2.20 bits per heavy atom. The zero-order chi connectivity index (χ0) is 14.1. The number of benzene rings is 1. The summed E-state index contributed by atoms with van der Waals surface area (Å²) < 4.78 is 1.91. The van der Waals surface area contributed by atoms with Gasteiger partial charge < -0.3 is 14.6 Å². The molecule has 0 unspecified atom stereocenters. The van der Waals surface area contributed by atoms with Gasteiger partial charge in [0.25, 0.3) is 0 Å². The van der Waals surface area contributed by atoms with E-state index < -0.39 is 0 Å². The second-order valence-electron chi connectivity index (χ2n) is 5.19. The summed E-state index contributed by atoms with van der Waals surface area (Å²) in [6.07, 6.45) is 4.00. The molecule has 106 valence electrons. The second-order valence-corrected chi connectivity index (χ2v) is 5.63. The Morgan fingerprint density at radius 1 is 1.40 bits per heavy atom. The molecule has 20 heavy (non-hydrogen) atoms. The monoisotopic (exact) mass is 292 g/mol. The molecule has 0 atom stereocenters. The lowest BCUT2D eigenvalue weighted by atomic mass is 10.2. The third kappa shape index (κ3) is 2.67. The lowest BCUT2D eigenvalue weighted by Crippen LogP contribution is -2.37. The normalized spacial score (nSPS) is 14.7. The van der Waals surface area contributed by atoms with Crippen LogP contribution in [0.3, 0.4) is 0 Å². The summed E-state index contributed by atoms with van der Waals surface area (Å²) in [6.45, 7) is 0.726. The molecule has 0 aliphatic heterocycles. The predicted octanol–water partition coefficient (Wildman–Crippen LogP) is 2.28. The van der Waals surface area contributed by atoms with E-state index in [9.17, 15) is 4.79 Å². The Balaban J connectivity index is 1.81. The largest absolute Gasteiger partial charge is 0.395 e. The number of aromatic nitrogens is 1. The van der Waals surface area contributed by atoms with E-state index in [1.807, 2.05) is 35.0 Å². The molecule has 0 spiro atoms. The zero-order valence-corrected chi connectivity index (χ0v) is 11.9. The fourth-order valence-corrected chi connectivity index (χ4v) is 2.70. The number of aliphatic hydroxyl groups is 1. The molecule has 1 aliphatic carbocycles. The van der Waals surface area contributed by atoms with Crippen molar-refractivity contribution in [1.82, 2.24) is 9.47 Å². The van der Waals surface area contributed by atoms with E-state index in [0.29, 0.717) is 24.2 Å². The molecule has 0 radical (unpaired) electrons. The maximum Gasteiger partial charge on any atom is 0.242 e. The van der Waals surface area contributed by atoms with Gasteiger partial charge in [0.1, 0.15) is 6.54 Å². The number of hydrogen-bond donors (Lipinski definition) is 1. The Labute approximate surface area is 122 Å². The van der Waals surface area contributed by atoms with Crippen molar-refractivity contribution in [2.75, 3.05) is 13.2 Å². The summed E-state index contributed by atoms with van der Waals surface area (Å²) in [7, 11) is 0. The van der Waals surface area contributed by atoms with Gasteiger partial charge in [-0.2, -0.15) is 0 Å². The topological polar surface area (TPSA) is 45.5 Å². The maximum absolute atomic E-state index is 12.4. The number of carbonyl (C=O) groups is 1. The minimum absolute atomic E-state index is 0.0144. The summed E-state index contributed by atoms with van der Waals surface area (Å²) in [4.78, 5) is 14.2. The number of fused-ring (bicyclic) bond motifs is 1. The van der Waals surface area contributed by atoms with E-state index in [-0.39, 0.29) is 12.5 Å². The van der Waals surface area contributed by atoms with Crippen molar-refractivity contribution in [2.45, 2.75) is 25.4 Å². The number of rotatable bonds is 5. The summed E-state index contributed by atoms with van der Waals surface area (Å²) >= 11 is 6.02. The van der Waals surface area contributed by atoms with E-state index in [1.54, 1.807) is 4.90 Å². The molecule has 1 amide bonds. The van der Waals surface area contributed by atoms with Gasteiger partial charge in [-0.3, -0.25) is 4.79 Å². The van der Waals surface area contributed by atoms with Crippen LogP contribution in [0.25, 0.3) is 10.9 Å². The molecule has 0 bridgehead atoms. The SMILES string of the molecule is O=C(Cn1ccc2ccc(Cl)cc21)N(CCO)C1CC1. The summed E-state index contributed by atoms with van der Waals surface area (Å²) in [5.41, 5.74) is 0.964. The minimum atomic E-state index is 0.0144. The first-order valence-electron chi connectivity index (χ1n) is 6.84. The van der Waals surface area contributed by atoms with Crippen LogP contribution in [0.15, 0.2) is 30.5 Å². The Bertz CT molecular complexity index is 634. The zero-order valence-electron chi connectivity index (χ0n) is 11.1. The molecule has 1 aromatic carbocycles. The summed E-state index contributed by atoms with van der Waals surface area (Å²) in [5, 5.41) is 10.8. The van der Waals surface area contributed by atoms with Crippen LogP contribution in [-0.4, -0.2) is 39.7 Å². The van der Waals surface area contributed by atoms with Crippen molar-refractivity contribution in [3.63, 3.8) is 0 Å². The van der Waals surface area contributed by atoms with Crippen LogP contribution in [0.4, 0.5) is 0 Å². The van der Waals surface area contributed by atoms with Crippen molar-refractivity contribution in [1.29, 1.82) is 0 Å². The van der Waals surface area contributed by atoms with Crippen molar-refractivity contribution < 1.29 is 9.90 Å². The average molecular weight is 293 g/mol. The molecule has 1 fully saturated rings. The smallest absolute Gasteiger partial charge is 0.242 e. The first-order chi connectivity index (χ1) is 9.69. The third-order valence-electron chi connectivity index (χ3n) is 3.69. The van der Waals surface area contributed by atoms with Crippen LogP contribution in [-0.2, 0) is 11.3 Å². The molecule has 1 aliphatic rings. The maximum atomic E-state index is 12.4. The molecule has 2 aromatic rings. The number of aliphatic hydroxyl groups excluding tert-OH is 1. The third-order valence-corrected chi connectivity index (χ3v) is 3.93. The van der Waals surface area contributed by atoms with E-state index in [1.165, 1.54) is 0 Å². The molecule has 1 aromatic heterocycles. The lowest BCUT2D eigenvalue weighted by molar-refractivity contribution is -0.132. The van der Waals surface area contributed by atoms with Gasteiger partial charge in [-0.25, -0.2) is 0 Å². The Kier molecular flexibility index (Phi) is 3.68. The molecule has 3 rings (SSSR count). The van der Waals surface area contributed by atoms with Gasteiger partial charge in [0.15, 0.2) is 0 Å². The molecule has 1 saturated carbocycles. The van der Waals surface area contributed by atoms with Gasteiger partial charge >= 0.3 is 0 Å². The van der Waals surface area contributed by atoms with Crippen LogP contribution in [0, 0.1) is 0 Å². The predicted molar refractivity (Wildman–Crippen MR) is 78.8 cm³/mol. The van der Waals surface area contributed by atoms with Crippen LogP contribution in [0.2, 0.25) is 5.02 Å². The molecule has 4 nitrogen and oxygen atoms in total. The number of hydrogen-bond acceptors (Lipinski definition) is 2. The lowest BCUT2D eigenvalue weighted by Gasteiger charge is -2.21. The first kappa shape index (κ1) is 13.5. The quantitative estimate of drug-likeness (QED) is 0.919. The van der Waals surface area contributed by atoms with Crippen LogP contribution >= 0.6 is 11.6 Å². The van der Waals surface area contributed by atoms with Gasteiger partial charge in [0, 0.05) is 29.3 Å². The van der Waals surface area contributed by atoms with Crippen molar-refractivity contribution in [2.24, 2.45) is 0 Å². The highest BCUT2D eigenvalue weighted by Crippen LogP contribution is 2.27. The highest BCUT2D eigenvalue weighted by molar-refractivity contribution is 6.31. The highest BCUT2D eigenvalue weighted by atomic mass is 35.5. The molecule has 1 N–H and O–H groups in total. The fraction of sp³-hybridized carbons (Fsp3) is 0.400. The number of carbonyl (C=O) groups excluding carboxylic acids is 1. The van der Waals surface area contributed by atoms with E-state index in [0.717, 1.165) is 23.7 Å². The number of halogens is 1. The second kappa shape index (κ2) is 5.46. The van der Waals surface area contributed by atoms with E-state index in [4.69, 9.17) is 16.7 Å². The van der Waals surface area contributed by atoms with Crippen LogP contribution in [0.5, 0.6) is 0 Å². The van der Waals surface area contributed by atoms with Gasteiger partial charge in [0.05, 0.1) is 6.61 Å². The first-order valence-corrected chi connectivity index (χ1v) is 7.21. The van der Waals surface area contributed by atoms with Crippen molar-refractivity contribution >= 4 is 28.4 Å². The molecule has 1 heterocycles. The molecular formula is C15H17ClN2O2. The van der Waals surface area contributed by atoms with Crippen LogP contribution < -0.4 is 0 Å². The molecule has 5 heteroatoms. The van der Waals surface area contributed by atoms with E-state index >= 15 is 0 Å². The van der Waals surface area contributed by atoms with Crippen LogP contribution in [0.1, 0.15) is 12.8 Å². The highest BCUT2D eigenvalue weighted by Gasteiger charge is 2.32. The molecule has 0 saturated heterocycles. The Hall–Kier alpha value is -1.52. The standard InChI is InChI=1S/C15H17ClN2O2/c16-12-2-1-11-5-6-17(14(11)9-12)10-15(20)18(7-8-19)13-3-4-13/h1-2,5-6,9,13,19H,3-4,7-8,10H2. The average Bonchev–Trinajstić information content (AvgIpc) is 3.20. The van der Waals surface area contributed by atoms with Crippen molar-refractivity contribution in [3.05, 3.63) is 35.5 Å². The number of amides is 1.